The van der Waals surface area contributed by atoms with Crippen molar-refractivity contribution in [2.75, 3.05) is 20.3 Å². The van der Waals surface area contributed by atoms with E-state index < -0.39 is 0 Å². The fraction of sp³-hybridized carbons (Fsp3) is 0.500. The molecule has 1 saturated heterocycles. The number of allylic oxidation sites excluding steroid dienone is 2. The molecule has 0 N–H and O–H groups in total. The van der Waals surface area contributed by atoms with Crippen LogP contribution in [-0.4, -0.2) is 26.1 Å². The van der Waals surface area contributed by atoms with Gasteiger partial charge >= 0.3 is 0 Å². The lowest BCUT2D eigenvalue weighted by molar-refractivity contribution is -0.171. The van der Waals surface area contributed by atoms with Crippen molar-refractivity contribution in [3.63, 3.8) is 0 Å². The lowest BCUT2D eigenvalue weighted by Gasteiger charge is -2.31. The smallest absolute Gasteiger partial charge is 0.169 e. The van der Waals surface area contributed by atoms with Crippen molar-refractivity contribution in [1.82, 2.24) is 0 Å². The number of benzene rings is 1. The Morgan fingerprint density at radius 3 is 2.36 bits per heavy atom. The first-order valence-corrected chi connectivity index (χ1v) is 9.14. The van der Waals surface area contributed by atoms with Crippen molar-refractivity contribution in [1.29, 1.82) is 0 Å². The van der Waals surface area contributed by atoms with Crippen molar-refractivity contribution in [2.45, 2.75) is 51.2 Å². The van der Waals surface area contributed by atoms with Gasteiger partial charge in [-0.05, 0) is 67.0 Å². The molecule has 134 valence electrons. The van der Waals surface area contributed by atoms with E-state index in [1.165, 1.54) is 16.7 Å². The Balaban J connectivity index is 1.65. The van der Waals surface area contributed by atoms with E-state index in [9.17, 15) is 0 Å². The predicted molar refractivity (Wildman–Crippen MR) is 99.8 cm³/mol. The van der Waals surface area contributed by atoms with Crippen molar-refractivity contribution >= 4 is 0 Å². The zero-order valence-electron chi connectivity index (χ0n) is 15.4. The van der Waals surface area contributed by atoms with Gasteiger partial charge in [-0.15, -0.1) is 5.73 Å². The van der Waals surface area contributed by atoms with E-state index in [-0.39, 0.29) is 5.79 Å². The highest BCUT2D eigenvalue weighted by atomic mass is 16.7. The highest BCUT2D eigenvalue weighted by molar-refractivity contribution is 5.31. The van der Waals surface area contributed by atoms with E-state index >= 15 is 0 Å². The molecule has 1 aliphatic heterocycles. The number of ether oxygens (including phenoxy) is 3. The van der Waals surface area contributed by atoms with Crippen LogP contribution in [0.1, 0.15) is 44.6 Å². The third kappa shape index (κ3) is 4.64. The van der Waals surface area contributed by atoms with Gasteiger partial charge in [-0.3, -0.25) is 0 Å². The molecule has 3 nitrogen and oxygen atoms in total. The molecule has 0 amide bonds. The summed E-state index contributed by atoms with van der Waals surface area (Å²) in [6.07, 6.45) is 5.83. The van der Waals surface area contributed by atoms with Crippen molar-refractivity contribution in [2.24, 2.45) is 0 Å². The minimum absolute atomic E-state index is 0.308. The Hall–Kier alpha value is -1.80. The molecule has 3 heteroatoms. The fourth-order valence-electron chi connectivity index (χ4n) is 3.50. The van der Waals surface area contributed by atoms with Crippen molar-refractivity contribution in [3.8, 4) is 5.75 Å². The van der Waals surface area contributed by atoms with Gasteiger partial charge in [0.2, 0.25) is 0 Å². The van der Waals surface area contributed by atoms with E-state index in [2.05, 4.69) is 31.4 Å². The number of methoxy groups -OCH3 is 1. The molecular weight excluding hydrogens is 312 g/mol. The van der Waals surface area contributed by atoms with Gasteiger partial charge in [0, 0.05) is 12.8 Å². The normalized spacial score (nSPS) is 18.9. The van der Waals surface area contributed by atoms with Crippen LogP contribution in [-0.2, 0) is 15.9 Å². The van der Waals surface area contributed by atoms with Crippen LogP contribution in [0.4, 0.5) is 0 Å². The monoisotopic (exact) mass is 340 g/mol. The largest absolute Gasteiger partial charge is 0.497 e. The average molecular weight is 340 g/mol. The van der Waals surface area contributed by atoms with Crippen LogP contribution in [0.2, 0.25) is 0 Å². The first kappa shape index (κ1) is 18.0. The van der Waals surface area contributed by atoms with Gasteiger partial charge in [0.25, 0.3) is 0 Å². The first-order valence-electron chi connectivity index (χ1n) is 9.14. The highest BCUT2D eigenvalue weighted by Crippen LogP contribution is 2.38. The SMILES string of the molecule is C=C(C)C(=C=C1CCC2(CC1)OCCO2)CCc1ccc(OC)cc1. The van der Waals surface area contributed by atoms with Crippen LogP contribution in [0.3, 0.4) is 0 Å². The fourth-order valence-corrected chi connectivity index (χ4v) is 3.50. The Kier molecular flexibility index (Phi) is 5.80. The molecule has 0 aromatic heterocycles. The van der Waals surface area contributed by atoms with Gasteiger partial charge in [0.1, 0.15) is 5.75 Å². The average Bonchev–Trinajstić information content (AvgIpc) is 3.09. The minimum atomic E-state index is -0.308. The van der Waals surface area contributed by atoms with Gasteiger partial charge in [0.15, 0.2) is 5.79 Å². The quantitative estimate of drug-likeness (QED) is 0.559. The Morgan fingerprint density at radius 1 is 1.16 bits per heavy atom. The second kappa shape index (κ2) is 8.05. The van der Waals surface area contributed by atoms with Gasteiger partial charge < -0.3 is 14.2 Å². The highest BCUT2D eigenvalue weighted by Gasteiger charge is 2.38. The summed E-state index contributed by atoms with van der Waals surface area (Å²) in [5, 5.41) is 0. The standard InChI is InChI=1S/C22H28O3/c1-17(2)20(7-4-18-5-8-21(23-3)9-6-18)16-19-10-12-22(13-11-19)24-14-15-25-22/h5-6,8-9H,1,4,7,10-15H2,2-3H3. The van der Waals surface area contributed by atoms with E-state index in [1.807, 2.05) is 12.1 Å². The third-order valence-corrected chi connectivity index (χ3v) is 5.09. The van der Waals surface area contributed by atoms with Crippen LogP contribution >= 0.6 is 0 Å². The predicted octanol–water partition coefficient (Wildman–Crippen LogP) is 4.97. The molecule has 1 aliphatic carbocycles. The maximum Gasteiger partial charge on any atom is 0.169 e. The van der Waals surface area contributed by atoms with Crippen LogP contribution in [0.15, 0.2) is 53.3 Å². The van der Waals surface area contributed by atoms with Crippen molar-refractivity contribution < 1.29 is 14.2 Å². The molecule has 1 aromatic rings. The van der Waals surface area contributed by atoms with Crippen LogP contribution in [0.5, 0.6) is 5.75 Å². The van der Waals surface area contributed by atoms with E-state index in [0.29, 0.717) is 0 Å². The van der Waals surface area contributed by atoms with Crippen molar-refractivity contribution in [3.05, 3.63) is 58.9 Å². The molecule has 0 bridgehead atoms. The second-order valence-corrected chi connectivity index (χ2v) is 6.94. The van der Waals surface area contributed by atoms with Gasteiger partial charge in [-0.1, -0.05) is 18.7 Å². The Bertz CT molecular complexity index is 660. The molecule has 1 spiro atoms. The summed E-state index contributed by atoms with van der Waals surface area (Å²) in [6, 6.07) is 8.28. The number of hydrogen-bond donors (Lipinski definition) is 0. The molecule has 3 rings (SSSR count). The third-order valence-electron chi connectivity index (χ3n) is 5.09. The number of hydrogen-bond acceptors (Lipinski definition) is 3. The lowest BCUT2D eigenvalue weighted by atomic mass is 9.89. The van der Waals surface area contributed by atoms with E-state index in [4.69, 9.17) is 14.2 Å². The topological polar surface area (TPSA) is 27.7 Å². The molecule has 2 fully saturated rings. The summed E-state index contributed by atoms with van der Waals surface area (Å²) in [7, 11) is 1.69. The maximum absolute atomic E-state index is 5.81. The molecule has 0 unspecified atom stereocenters. The number of aryl methyl sites for hydroxylation is 1. The zero-order valence-corrected chi connectivity index (χ0v) is 15.4. The zero-order chi connectivity index (χ0) is 17.7. The van der Waals surface area contributed by atoms with Crippen LogP contribution < -0.4 is 4.74 Å². The molecule has 2 aliphatic rings. The van der Waals surface area contributed by atoms with E-state index in [1.54, 1.807) is 7.11 Å². The molecular formula is C22H28O3. The summed E-state index contributed by atoms with van der Waals surface area (Å²) >= 11 is 0. The molecule has 0 atom stereocenters. The molecule has 0 radical (unpaired) electrons. The molecule has 1 heterocycles. The summed E-state index contributed by atoms with van der Waals surface area (Å²) in [6.45, 7) is 7.68. The number of rotatable bonds is 5. The van der Waals surface area contributed by atoms with Crippen LogP contribution in [0.25, 0.3) is 0 Å². The Morgan fingerprint density at radius 2 is 1.80 bits per heavy atom. The van der Waals surface area contributed by atoms with Gasteiger partial charge in [-0.25, -0.2) is 0 Å². The molecule has 1 saturated carbocycles. The summed E-state index contributed by atoms with van der Waals surface area (Å²) in [5.74, 6) is 0.589. The molecule has 1 aromatic carbocycles. The van der Waals surface area contributed by atoms with Gasteiger partial charge in [-0.2, -0.15) is 0 Å². The maximum atomic E-state index is 5.81. The second-order valence-electron chi connectivity index (χ2n) is 6.94. The van der Waals surface area contributed by atoms with Crippen LogP contribution in [0, 0.1) is 0 Å². The molecule has 25 heavy (non-hydrogen) atoms. The first-order chi connectivity index (χ1) is 12.1. The minimum Gasteiger partial charge on any atom is -0.497 e. The van der Waals surface area contributed by atoms with Gasteiger partial charge in [0.05, 0.1) is 20.3 Å². The van der Waals surface area contributed by atoms with E-state index in [0.717, 1.165) is 63.1 Å². The lowest BCUT2D eigenvalue weighted by Crippen LogP contribution is -2.32. The Labute approximate surface area is 151 Å². The summed E-state index contributed by atoms with van der Waals surface area (Å²) in [5.41, 5.74) is 8.67. The summed E-state index contributed by atoms with van der Waals surface area (Å²) < 4.78 is 16.8. The summed E-state index contributed by atoms with van der Waals surface area (Å²) in [4.78, 5) is 0.